The van der Waals surface area contributed by atoms with E-state index < -0.39 is 0 Å². The van der Waals surface area contributed by atoms with Crippen LogP contribution in [0.15, 0.2) is 24.3 Å². The molecule has 2 nitrogen and oxygen atoms in total. The Balaban J connectivity index is 2.28. The fourth-order valence-electron chi connectivity index (χ4n) is 2.31. The summed E-state index contributed by atoms with van der Waals surface area (Å²) >= 11 is 0. The van der Waals surface area contributed by atoms with E-state index in [-0.39, 0.29) is 5.78 Å². The van der Waals surface area contributed by atoms with Crippen molar-refractivity contribution in [3.63, 3.8) is 0 Å². The molecule has 86 valence electrons. The molecule has 0 aromatic heterocycles. The molecule has 1 saturated heterocycles. The van der Waals surface area contributed by atoms with Gasteiger partial charge in [0.1, 0.15) is 0 Å². The molecule has 1 aliphatic heterocycles. The molecular formula is C14H19NO. The number of hydrogen-bond donors (Lipinski definition) is 0. The quantitative estimate of drug-likeness (QED) is 0.724. The van der Waals surface area contributed by atoms with Crippen molar-refractivity contribution in [2.24, 2.45) is 0 Å². The van der Waals surface area contributed by atoms with Gasteiger partial charge in [0.25, 0.3) is 0 Å². The van der Waals surface area contributed by atoms with E-state index in [1.54, 1.807) is 0 Å². The van der Waals surface area contributed by atoms with Crippen LogP contribution in [0.5, 0.6) is 0 Å². The number of carbonyl (C=O) groups excluding carboxylic acids is 1. The molecule has 1 aromatic carbocycles. The van der Waals surface area contributed by atoms with Gasteiger partial charge in [0.05, 0.1) is 0 Å². The summed E-state index contributed by atoms with van der Waals surface area (Å²) in [6.45, 7) is 4.11. The predicted molar refractivity (Wildman–Crippen MR) is 67.1 cm³/mol. The molecule has 1 aliphatic rings. The number of rotatable bonds is 3. The number of carbonyl (C=O) groups is 1. The lowest BCUT2D eigenvalue weighted by Crippen LogP contribution is -2.30. The zero-order chi connectivity index (χ0) is 11.4. The van der Waals surface area contributed by atoms with Gasteiger partial charge >= 0.3 is 0 Å². The van der Waals surface area contributed by atoms with Crippen LogP contribution in [0.1, 0.15) is 43.0 Å². The van der Waals surface area contributed by atoms with Crippen LogP contribution < -0.4 is 4.90 Å². The van der Waals surface area contributed by atoms with Crippen LogP contribution >= 0.6 is 0 Å². The van der Waals surface area contributed by atoms with E-state index in [0.717, 1.165) is 24.3 Å². The fourth-order valence-corrected chi connectivity index (χ4v) is 2.31. The van der Waals surface area contributed by atoms with Crippen molar-refractivity contribution in [1.82, 2.24) is 0 Å². The van der Waals surface area contributed by atoms with Gasteiger partial charge in [0, 0.05) is 30.8 Å². The normalized spacial score (nSPS) is 16.2. The Hall–Kier alpha value is -1.31. The molecule has 2 rings (SSSR count). The summed E-state index contributed by atoms with van der Waals surface area (Å²) in [5, 5.41) is 0. The Bertz CT molecular complexity index is 367. The largest absolute Gasteiger partial charge is 0.371 e. The second-order valence-corrected chi connectivity index (χ2v) is 4.34. The van der Waals surface area contributed by atoms with Gasteiger partial charge in [-0.15, -0.1) is 0 Å². The Labute approximate surface area is 97.3 Å². The predicted octanol–water partition coefficient (Wildman–Crippen LogP) is 3.27. The first-order valence-corrected chi connectivity index (χ1v) is 6.20. The first-order chi connectivity index (χ1) is 7.83. The second kappa shape index (κ2) is 5.15. The molecule has 0 spiro atoms. The third-order valence-electron chi connectivity index (χ3n) is 3.22. The highest BCUT2D eigenvalue weighted by molar-refractivity contribution is 6.01. The SMILES string of the molecule is CCC(=O)c1ccccc1N1CCCCC1. The van der Waals surface area contributed by atoms with Gasteiger partial charge < -0.3 is 4.90 Å². The number of nitrogens with zero attached hydrogens (tertiary/aromatic N) is 1. The van der Waals surface area contributed by atoms with Gasteiger partial charge in [0.15, 0.2) is 5.78 Å². The van der Waals surface area contributed by atoms with Crippen LogP contribution in [0.25, 0.3) is 0 Å². The van der Waals surface area contributed by atoms with Gasteiger partial charge in [0.2, 0.25) is 0 Å². The van der Waals surface area contributed by atoms with Crippen molar-refractivity contribution in [3.8, 4) is 0 Å². The summed E-state index contributed by atoms with van der Waals surface area (Å²) in [5.74, 6) is 0.251. The van der Waals surface area contributed by atoms with E-state index >= 15 is 0 Å². The molecule has 16 heavy (non-hydrogen) atoms. The average Bonchev–Trinajstić information content (AvgIpc) is 2.39. The highest BCUT2D eigenvalue weighted by atomic mass is 16.1. The lowest BCUT2D eigenvalue weighted by atomic mass is 10.0. The first-order valence-electron chi connectivity index (χ1n) is 6.20. The molecule has 0 atom stereocenters. The van der Waals surface area contributed by atoms with E-state index in [9.17, 15) is 4.79 Å². The molecule has 1 fully saturated rings. The van der Waals surface area contributed by atoms with E-state index in [1.807, 2.05) is 25.1 Å². The summed E-state index contributed by atoms with van der Waals surface area (Å²) in [4.78, 5) is 14.2. The molecule has 0 bridgehead atoms. The molecule has 1 heterocycles. The van der Waals surface area contributed by atoms with Gasteiger partial charge in [-0.3, -0.25) is 4.79 Å². The summed E-state index contributed by atoms with van der Waals surface area (Å²) in [7, 11) is 0. The minimum absolute atomic E-state index is 0.251. The van der Waals surface area contributed by atoms with Gasteiger partial charge in [-0.25, -0.2) is 0 Å². The summed E-state index contributed by atoms with van der Waals surface area (Å²) in [5.41, 5.74) is 2.03. The summed E-state index contributed by atoms with van der Waals surface area (Å²) in [6.07, 6.45) is 4.40. The van der Waals surface area contributed by atoms with E-state index in [2.05, 4.69) is 11.0 Å². The van der Waals surface area contributed by atoms with Crippen LogP contribution in [0.2, 0.25) is 0 Å². The van der Waals surface area contributed by atoms with Gasteiger partial charge in [-0.1, -0.05) is 19.1 Å². The lowest BCUT2D eigenvalue weighted by molar-refractivity contribution is 0.0988. The molecule has 0 unspecified atom stereocenters. The molecule has 2 heteroatoms. The highest BCUT2D eigenvalue weighted by Crippen LogP contribution is 2.24. The fraction of sp³-hybridized carbons (Fsp3) is 0.500. The van der Waals surface area contributed by atoms with Crippen LogP contribution in [-0.2, 0) is 0 Å². The van der Waals surface area contributed by atoms with Crippen LogP contribution in [0, 0.1) is 0 Å². The van der Waals surface area contributed by atoms with Crippen molar-refractivity contribution in [3.05, 3.63) is 29.8 Å². The van der Waals surface area contributed by atoms with E-state index in [0.29, 0.717) is 6.42 Å². The third kappa shape index (κ3) is 2.26. The van der Waals surface area contributed by atoms with E-state index in [4.69, 9.17) is 0 Å². The monoisotopic (exact) mass is 217 g/mol. The maximum Gasteiger partial charge on any atom is 0.164 e. The van der Waals surface area contributed by atoms with Crippen molar-refractivity contribution in [1.29, 1.82) is 0 Å². The number of ketones is 1. The third-order valence-corrected chi connectivity index (χ3v) is 3.22. The van der Waals surface area contributed by atoms with Crippen molar-refractivity contribution >= 4 is 11.5 Å². The molecule has 0 radical (unpaired) electrons. The van der Waals surface area contributed by atoms with Crippen LogP contribution in [0.4, 0.5) is 5.69 Å². The van der Waals surface area contributed by atoms with Crippen LogP contribution in [0.3, 0.4) is 0 Å². The number of Topliss-reactive ketones (excluding diaryl/α,β-unsaturated/α-hetero) is 1. The molecular weight excluding hydrogens is 198 g/mol. The van der Waals surface area contributed by atoms with Gasteiger partial charge in [-0.2, -0.15) is 0 Å². The van der Waals surface area contributed by atoms with Crippen molar-refractivity contribution in [2.75, 3.05) is 18.0 Å². The molecule has 0 amide bonds. The number of para-hydroxylation sites is 1. The number of hydrogen-bond acceptors (Lipinski definition) is 2. The Morgan fingerprint density at radius 3 is 2.56 bits per heavy atom. The first kappa shape index (κ1) is 11.2. The van der Waals surface area contributed by atoms with Crippen LogP contribution in [-0.4, -0.2) is 18.9 Å². The number of anilines is 1. The topological polar surface area (TPSA) is 20.3 Å². The molecule has 0 saturated carbocycles. The molecule has 0 aliphatic carbocycles. The number of piperidine rings is 1. The Morgan fingerprint density at radius 1 is 1.19 bits per heavy atom. The summed E-state index contributed by atoms with van der Waals surface area (Å²) < 4.78 is 0. The second-order valence-electron chi connectivity index (χ2n) is 4.34. The smallest absolute Gasteiger partial charge is 0.164 e. The summed E-state index contributed by atoms with van der Waals surface area (Å²) in [6, 6.07) is 8.01. The van der Waals surface area contributed by atoms with E-state index in [1.165, 1.54) is 19.3 Å². The highest BCUT2D eigenvalue weighted by Gasteiger charge is 2.16. The van der Waals surface area contributed by atoms with Crippen molar-refractivity contribution in [2.45, 2.75) is 32.6 Å². The minimum Gasteiger partial charge on any atom is -0.371 e. The zero-order valence-electron chi connectivity index (χ0n) is 9.91. The lowest BCUT2D eigenvalue weighted by Gasteiger charge is -2.30. The maximum absolute atomic E-state index is 11.9. The molecule has 0 N–H and O–H groups in total. The van der Waals surface area contributed by atoms with Gasteiger partial charge in [-0.05, 0) is 31.4 Å². The molecule has 1 aromatic rings. The zero-order valence-corrected chi connectivity index (χ0v) is 9.91. The average molecular weight is 217 g/mol. The number of benzene rings is 1. The van der Waals surface area contributed by atoms with Crippen molar-refractivity contribution < 1.29 is 4.79 Å². The standard InChI is InChI=1S/C14H19NO/c1-2-14(16)12-8-4-5-9-13(12)15-10-6-3-7-11-15/h4-5,8-9H,2-3,6-7,10-11H2,1H3. The minimum atomic E-state index is 0.251. The Kier molecular flexibility index (Phi) is 3.60. The Morgan fingerprint density at radius 2 is 1.88 bits per heavy atom. The maximum atomic E-state index is 11.9.